The number of nitrogens with zero attached hydrogens (tertiary/aromatic N) is 2. The minimum absolute atomic E-state index is 0.0451. The van der Waals surface area contributed by atoms with Crippen molar-refractivity contribution in [3.63, 3.8) is 0 Å². The fourth-order valence-corrected chi connectivity index (χ4v) is 2.45. The lowest BCUT2D eigenvalue weighted by molar-refractivity contribution is -0.127. The highest BCUT2D eigenvalue weighted by Crippen LogP contribution is 2.24. The van der Waals surface area contributed by atoms with Crippen molar-refractivity contribution in [3.8, 4) is 17.7 Å². The lowest BCUT2D eigenvalue weighted by atomic mass is 10.1. The summed E-state index contributed by atoms with van der Waals surface area (Å²) in [4.78, 5) is 16.4. The molecule has 1 aromatic heterocycles. The number of ether oxygens (including phenoxy) is 2. The average molecular weight is 395 g/mol. The number of carbonyl (C=O) groups excluding carboxylic acids is 1. The third kappa shape index (κ3) is 5.71. The maximum atomic E-state index is 12.2. The molecule has 0 aliphatic heterocycles. The maximum absolute atomic E-state index is 12.2. The van der Waals surface area contributed by atoms with Gasteiger partial charge in [0.15, 0.2) is 0 Å². The van der Waals surface area contributed by atoms with E-state index in [0.29, 0.717) is 12.4 Å². The van der Waals surface area contributed by atoms with Crippen LogP contribution >= 0.6 is 0 Å². The van der Waals surface area contributed by atoms with Crippen molar-refractivity contribution < 1.29 is 19.7 Å². The number of rotatable bonds is 7. The largest absolute Gasteiger partial charge is 0.497 e. The molecule has 0 saturated heterocycles. The van der Waals surface area contributed by atoms with Gasteiger partial charge in [-0.05, 0) is 30.7 Å². The molecule has 0 saturated carbocycles. The predicted octanol–water partition coefficient (Wildman–Crippen LogP) is -0.241. The second kappa shape index (κ2) is 9.75. The normalized spacial score (nSPS) is 10.7. The first-order valence-corrected chi connectivity index (χ1v) is 8.74. The van der Waals surface area contributed by atoms with Crippen LogP contribution in [0.25, 0.3) is 5.70 Å². The highest BCUT2D eigenvalue weighted by atomic mass is 16.5. The summed E-state index contributed by atoms with van der Waals surface area (Å²) in [5.41, 5.74) is 13.4. The first-order chi connectivity index (χ1) is 13.9. The van der Waals surface area contributed by atoms with Gasteiger partial charge in [0.05, 0.1) is 43.3 Å². The molecule has 0 aliphatic rings. The van der Waals surface area contributed by atoms with Crippen molar-refractivity contribution in [1.82, 2.24) is 10.3 Å². The van der Waals surface area contributed by atoms with Crippen molar-refractivity contribution in [1.29, 1.82) is 5.26 Å². The van der Waals surface area contributed by atoms with E-state index in [1.807, 2.05) is 6.07 Å². The van der Waals surface area contributed by atoms with Gasteiger partial charge in [0.2, 0.25) is 5.88 Å². The van der Waals surface area contributed by atoms with Gasteiger partial charge in [0, 0.05) is 0 Å². The van der Waals surface area contributed by atoms with Crippen LogP contribution in [0, 0.1) is 11.3 Å². The highest BCUT2D eigenvalue weighted by molar-refractivity contribution is 6.04. The summed E-state index contributed by atoms with van der Waals surface area (Å²) in [6, 6.07) is 10.5. The molecule has 0 radical (unpaired) electrons. The first kappa shape index (κ1) is 21.2. The van der Waals surface area contributed by atoms with Crippen molar-refractivity contribution in [2.75, 3.05) is 19.5 Å². The number of aromatic nitrogens is 1. The van der Waals surface area contributed by atoms with E-state index >= 15 is 0 Å². The summed E-state index contributed by atoms with van der Waals surface area (Å²) >= 11 is 0. The van der Waals surface area contributed by atoms with Crippen molar-refractivity contribution in [2.45, 2.75) is 13.3 Å². The third-order valence-electron chi connectivity index (χ3n) is 3.82. The van der Waals surface area contributed by atoms with E-state index in [-0.39, 0.29) is 46.7 Å². The van der Waals surface area contributed by atoms with Crippen LogP contribution in [-0.4, -0.2) is 30.4 Å². The Morgan fingerprint density at radius 2 is 2.07 bits per heavy atom. The number of benzene rings is 1. The van der Waals surface area contributed by atoms with E-state index in [1.165, 1.54) is 12.1 Å². The molecule has 9 nitrogen and oxygen atoms in total. The van der Waals surface area contributed by atoms with Gasteiger partial charge in [-0.2, -0.15) is 5.26 Å². The van der Waals surface area contributed by atoms with Crippen LogP contribution in [0.2, 0.25) is 0 Å². The zero-order valence-corrected chi connectivity index (χ0v) is 16.2. The van der Waals surface area contributed by atoms with E-state index in [0.717, 1.165) is 5.56 Å². The van der Waals surface area contributed by atoms with Gasteiger partial charge in [-0.25, -0.2) is 15.1 Å². The number of amides is 1. The minimum Gasteiger partial charge on any atom is -0.497 e. The van der Waals surface area contributed by atoms with Crippen LogP contribution in [-0.2, 0) is 11.2 Å². The SMILES string of the molecule is CCOc1nc(C(N)=CC(=[NH2+])NC(=O)Cc2ccc(OC)cc2)cc(N)c1C#N. The zero-order valence-electron chi connectivity index (χ0n) is 16.2. The van der Waals surface area contributed by atoms with Crippen LogP contribution in [0.15, 0.2) is 36.4 Å². The molecule has 0 unspecified atom stereocenters. The molecule has 2 rings (SSSR count). The van der Waals surface area contributed by atoms with Crippen LogP contribution in [0.1, 0.15) is 23.7 Å². The summed E-state index contributed by atoms with van der Waals surface area (Å²) in [7, 11) is 1.57. The lowest BCUT2D eigenvalue weighted by Gasteiger charge is -2.09. The number of nitriles is 1. The summed E-state index contributed by atoms with van der Waals surface area (Å²) in [6.45, 7) is 2.07. The van der Waals surface area contributed by atoms with Gasteiger partial charge in [0.25, 0.3) is 5.84 Å². The van der Waals surface area contributed by atoms with Crippen LogP contribution in [0.4, 0.5) is 5.69 Å². The van der Waals surface area contributed by atoms with E-state index in [2.05, 4.69) is 10.3 Å². The van der Waals surface area contributed by atoms with Gasteiger partial charge in [-0.3, -0.25) is 5.41 Å². The molecule has 9 heteroatoms. The molecule has 1 heterocycles. The molecule has 7 N–H and O–H groups in total. The first-order valence-electron chi connectivity index (χ1n) is 8.74. The molecule has 0 fully saturated rings. The number of carbonyl (C=O) groups is 1. The molecule has 0 aliphatic carbocycles. The number of pyridine rings is 1. The van der Waals surface area contributed by atoms with Crippen LogP contribution < -0.4 is 31.7 Å². The van der Waals surface area contributed by atoms with Crippen molar-refractivity contribution in [2.24, 2.45) is 5.73 Å². The number of methoxy groups -OCH3 is 1. The summed E-state index contributed by atoms with van der Waals surface area (Å²) in [5.74, 6) is 0.530. The Hall–Kier alpha value is -4.06. The number of amidine groups is 1. The topological polar surface area (TPSA) is 162 Å². The molecular formula is C20H23N6O3+. The standard InChI is InChI=1S/C20H22N6O3/c1-3-29-20-14(11-21)15(22)9-17(25-20)16(23)10-18(24)26-19(27)8-12-4-6-13(28-2)7-5-12/h4-7,9-10H,3,8,23H2,1-2H3,(H2,22,25)(H2,24,26,27)/p+1. The molecule has 2 aromatic rings. The Morgan fingerprint density at radius 3 is 2.66 bits per heavy atom. The van der Waals surface area contributed by atoms with Gasteiger partial charge < -0.3 is 20.9 Å². The second-order valence-corrected chi connectivity index (χ2v) is 5.95. The van der Waals surface area contributed by atoms with Gasteiger partial charge in [-0.15, -0.1) is 0 Å². The number of hydrogen-bond acceptors (Lipinski definition) is 7. The monoisotopic (exact) mass is 395 g/mol. The average Bonchev–Trinajstić information content (AvgIpc) is 2.68. The van der Waals surface area contributed by atoms with Crippen molar-refractivity contribution in [3.05, 3.63) is 53.2 Å². The number of anilines is 1. The number of nitrogens with two attached hydrogens (primary N) is 3. The highest BCUT2D eigenvalue weighted by Gasteiger charge is 2.15. The Labute approximate surface area is 168 Å². The molecule has 0 atom stereocenters. The molecule has 0 bridgehead atoms. The molecular weight excluding hydrogens is 372 g/mol. The van der Waals surface area contributed by atoms with Crippen molar-refractivity contribution >= 4 is 23.1 Å². The molecule has 1 aromatic carbocycles. The van der Waals surface area contributed by atoms with Gasteiger partial charge in [0.1, 0.15) is 17.4 Å². The Morgan fingerprint density at radius 1 is 1.38 bits per heavy atom. The van der Waals surface area contributed by atoms with Crippen LogP contribution in [0.5, 0.6) is 11.6 Å². The lowest BCUT2D eigenvalue weighted by Crippen LogP contribution is -2.50. The smallest absolute Gasteiger partial charge is 0.311 e. The Kier molecular flexibility index (Phi) is 7.14. The summed E-state index contributed by atoms with van der Waals surface area (Å²) in [5, 5.41) is 17.6. The molecule has 150 valence electrons. The molecule has 0 spiro atoms. The number of hydrogen-bond donors (Lipinski definition) is 4. The molecule has 1 amide bonds. The fourth-order valence-electron chi connectivity index (χ4n) is 2.45. The number of nitrogen functional groups attached to an aromatic ring is 1. The van der Waals surface area contributed by atoms with E-state index in [4.69, 9.17) is 26.4 Å². The van der Waals surface area contributed by atoms with Crippen LogP contribution in [0.3, 0.4) is 0 Å². The van der Waals surface area contributed by atoms with E-state index in [9.17, 15) is 10.1 Å². The quantitative estimate of drug-likeness (QED) is 0.371. The summed E-state index contributed by atoms with van der Waals surface area (Å²) < 4.78 is 10.4. The van der Waals surface area contributed by atoms with E-state index in [1.54, 1.807) is 38.3 Å². The van der Waals surface area contributed by atoms with E-state index < -0.39 is 0 Å². The number of nitrogens with one attached hydrogen (secondary N) is 1. The zero-order chi connectivity index (χ0) is 21.4. The van der Waals surface area contributed by atoms with Gasteiger partial charge in [-0.1, -0.05) is 12.1 Å². The third-order valence-corrected chi connectivity index (χ3v) is 3.82. The Bertz CT molecular complexity index is 977. The minimum atomic E-state index is -0.306. The Balaban J connectivity index is 2.09. The summed E-state index contributed by atoms with van der Waals surface area (Å²) in [6.07, 6.45) is 1.49. The second-order valence-electron chi connectivity index (χ2n) is 5.95. The van der Waals surface area contributed by atoms with Gasteiger partial charge >= 0.3 is 5.91 Å². The predicted molar refractivity (Wildman–Crippen MR) is 108 cm³/mol. The molecule has 29 heavy (non-hydrogen) atoms. The fraction of sp³-hybridized carbons (Fsp3) is 0.200. The maximum Gasteiger partial charge on any atom is 0.311 e.